The minimum absolute atomic E-state index is 0.0897. The van der Waals surface area contributed by atoms with E-state index in [1.165, 1.54) is 25.3 Å². The van der Waals surface area contributed by atoms with Crippen molar-refractivity contribution in [2.45, 2.75) is 12.3 Å². The number of amides is 1. The van der Waals surface area contributed by atoms with Crippen LogP contribution in [0.25, 0.3) is 0 Å². The fraction of sp³-hybridized carbons (Fsp3) is 0.222. The van der Waals surface area contributed by atoms with Crippen LogP contribution in [0.2, 0.25) is 0 Å². The van der Waals surface area contributed by atoms with Crippen molar-refractivity contribution in [3.63, 3.8) is 0 Å². The van der Waals surface area contributed by atoms with Crippen molar-refractivity contribution in [2.24, 2.45) is 0 Å². The topological polar surface area (TPSA) is 58.6 Å². The molecule has 0 aromatic heterocycles. The van der Waals surface area contributed by atoms with Gasteiger partial charge in [0.25, 0.3) is 5.91 Å². The average molecular weight is 364 g/mol. The number of alkyl halides is 3. The highest BCUT2D eigenvalue weighted by Crippen LogP contribution is 2.36. The Bertz CT molecular complexity index is 852. The Morgan fingerprint density at radius 1 is 1.15 bits per heavy atom. The van der Waals surface area contributed by atoms with E-state index in [2.05, 4.69) is 5.32 Å². The largest absolute Gasteiger partial charge is 0.465 e. The second-order valence-corrected chi connectivity index (χ2v) is 5.72. The standard InChI is InChI=1S/C18H15F3N2O3/c1-26-17(25)12-7-3-2-6-11(12)15-22-14-9-5-4-8-13(14)16(24)23(15)10-18(19,20)21/h2-9,15,22H,10H2,1H3/t15-/m1/s1. The van der Waals surface area contributed by atoms with Gasteiger partial charge >= 0.3 is 12.1 Å². The van der Waals surface area contributed by atoms with Gasteiger partial charge in [0.15, 0.2) is 0 Å². The quantitative estimate of drug-likeness (QED) is 0.846. The van der Waals surface area contributed by atoms with E-state index in [1.54, 1.807) is 30.3 Å². The molecule has 1 atom stereocenters. The van der Waals surface area contributed by atoms with Crippen molar-refractivity contribution in [2.75, 3.05) is 19.0 Å². The number of para-hydroxylation sites is 1. The van der Waals surface area contributed by atoms with Crippen LogP contribution in [0.1, 0.15) is 32.4 Å². The molecule has 1 aliphatic rings. The van der Waals surface area contributed by atoms with Crippen molar-refractivity contribution in [1.29, 1.82) is 0 Å². The molecule has 0 spiro atoms. The molecule has 0 radical (unpaired) electrons. The maximum atomic E-state index is 13.1. The number of benzene rings is 2. The summed E-state index contributed by atoms with van der Waals surface area (Å²) in [7, 11) is 1.18. The van der Waals surface area contributed by atoms with Crippen LogP contribution in [0.4, 0.5) is 18.9 Å². The summed E-state index contributed by atoms with van der Waals surface area (Å²) >= 11 is 0. The van der Waals surface area contributed by atoms with E-state index in [0.29, 0.717) is 10.6 Å². The van der Waals surface area contributed by atoms with Gasteiger partial charge in [0.2, 0.25) is 0 Å². The third-order valence-electron chi connectivity index (χ3n) is 4.03. The Morgan fingerprint density at radius 2 is 1.81 bits per heavy atom. The molecule has 8 heteroatoms. The highest BCUT2D eigenvalue weighted by molar-refractivity contribution is 6.02. The van der Waals surface area contributed by atoms with E-state index in [-0.39, 0.29) is 16.7 Å². The van der Waals surface area contributed by atoms with Crippen LogP contribution < -0.4 is 5.32 Å². The number of nitrogens with one attached hydrogen (secondary N) is 1. The predicted octanol–water partition coefficient (Wildman–Crippen LogP) is 3.60. The van der Waals surface area contributed by atoms with Crippen molar-refractivity contribution < 1.29 is 27.5 Å². The Labute approximate surface area is 147 Å². The Kier molecular flexibility index (Phi) is 4.58. The zero-order valence-electron chi connectivity index (χ0n) is 13.7. The molecule has 0 unspecified atom stereocenters. The summed E-state index contributed by atoms with van der Waals surface area (Å²) in [6.45, 7) is -1.45. The number of carbonyl (C=O) groups is 2. The second kappa shape index (κ2) is 6.70. The molecule has 5 nitrogen and oxygen atoms in total. The smallest absolute Gasteiger partial charge is 0.406 e. The van der Waals surface area contributed by atoms with Gasteiger partial charge in [-0.05, 0) is 18.2 Å². The van der Waals surface area contributed by atoms with Crippen LogP contribution in [0.5, 0.6) is 0 Å². The Hall–Kier alpha value is -3.03. The molecule has 3 rings (SSSR count). The minimum Gasteiger partial charge on any atom is -0.465 e. The van der Waals surface area contributed by atoms with E-state index >= 15 is 0 Å². The predicted molar refractivity (Wildman–Crippen MR) is 87.7 cm³/mol. The maximum absolute atomic E-state index is 13.1. The molecule has 26 heavy (non-hydrogen) atoms. The number of hydrogen-bond acceptors (Lipinski definition) is 4. The van der Waals surface area contributed by atoms with E-state index in [4.69, 9.17) is 4.74 Å². The first-order valence-corrected chi connectivity index (χ1v) is 7.72. The zero-order chi connectivity index (χ0) is 18.9. The van der Waals surface area contributed by atoms with Crippen molar-refractivity contribution in [3.8, 4) is 0 Å². The van der Waals surface area contributed by atoms with Crippen LogP contribution in [-0.2, 0) is 4.74 Å². The number of halogens is 3. The van der Waals surface area contributed by atoms with Gasteiger partial charge in [-0.25, -0.2) is 4.79 Å². The number of rotatable bonds is 3. The molecular weight excluding hydrogens is 349 g/mol. The van der Waals surface area contributed by atoms with E-state index in [1.807, 2.05) is 0 Å². The Morgan fingerprint density at radius 3 is 2.50 bits per heavy atom. The normalized spacial score (nSPS) is 16.7. The number of nitrogens with zero attached hydrogens (tertiary/aromatic N) is 1. The molecule has 0 bridgehead atoms. The SMILES string of the molecule is COC(=O)c1ccccc1[C@@H]1Nc2ccccc2C(=O)N1CC(F)(F)F. The molecule has 0 saturated carbocycles. The number of methoxy groups -OCH3 is 1. The number of ether oxygens (including phenoxy) is 1. The lowest BCUT2D eigenvalue weighted by molar-refractivity contribution is -0.144. The lowest BCUT2D eigenvalue weighted by atomic mass is 9.99. The minimum atomic E-state index is -4.60. The third kappa shape index (κ3) is 3.35. The van der Waals surface area contributed by atoms with Crippen molar-refractivity contribution in [3.05, 3.63) is 65.2 Å². The summed E-state index contributed by atoms with van der Waals surface area (Å²) in [5, 5.41) is 2.93. The summed E-state index contributed by atoms with van der Waals surface area (Å²) in [4.78, 5) is 25.4. The van der Waals surface area contributed by atoms with E-state index in [9.17, 15) is 22.8 Å². The molecule has 0 fully saturated rings. The van der Waals surface area contributed by atoms with Crippen LogP contribution in [0.3, 0.4) is 0 Å². The summed E-state index contributed by atoms with van der Waals surface area (Å²) in [6, 6.07) is 12.4. The molecular formula is C18H15F3N2O3. The monoisotopic (exact) mass is 364 g/mol. The lowest BCUT2D eigenvalue weighted by Crippen LogP contribution is -2.47. The van der Waals surface area contributed by atoms with Crippen LogP contribution >= 0.6 is 0 Å². The fourth-order valence-corrected chi connectivity index (χ4v) is 2.93. The van der Waals surface area contributed by atoms with Gasteiger partial charge in [0.1, 0.15) is 12.7 Å². The van der Waals surface area contributed by atoms with Gasteiger partial charge in [-0.1, -0.05) is 30.3 Å². The summed E-state index contributed by atoms with van der Waals surface area (Å²) in [6.07, 6.45) is -5.75. The van der Waals surface area contributed by atoms with Gasteiger partial charge in [0, 0.05) is 11.3 Å². The molecule has 1 N–H and O–H groups in total. The molecule has 0 saturated heterocycles. The maximum Gasteiger partial charge on any atom is 0.406 e. The first-order chi connectivity index (χ1) is 12.3. The van der Waals surface area contributed by atoms with Crippen molar-refractivity contribution in [1.82, 2.24) is 4.90 Å². The highest BCUT2D eigenvalue weighted by atomic mass is 19.4. The van der Waals surface area contributed by atoms with Gasteiger partial charge in [-0.2, -0.15) is 13.2 Å². The van der Waals surface area contributed by atoms with E-state index in [0.717, 1.165) is 0 Å². The van der Waals surface area contributed by atoms with Gasteiger partial charge in [-0.15, -0.1) is 0 Å². The summed E-state index contributed by atoms with van der Waals surface area (Å²) in [5.41, 5.74) is 0.863. The van der Waals surface area contributed by atoms with Gasteiger partial charge in [-0.3, -0.25) is 4.79 Å². The summed E-state index contributed by atoms with van der Waals surface area (Å²) < 4.78 is 44.0. The second-order valence-electron chi connectivity index (χ2n) is 5.72. The molecule has 1 heterocycles. The number of carbonyl (C=O) groups excluding carboxylic acids is 2. The zero-order valence-corrected chi connectivity index (χ0v) is 13.7. The number of hydrogen-bond donors (Lipinski definition) is 1. The first-order valence-electron chi connectivity index (χ1n) is 7.72. The summed E-state index contributed by atoms with van der Waals surface area (Å²) in [5.74, 6) is -1.46. The lowest BCUT2D eigenvalue weighted by Gasteiger charge is -2.38. The molecule has 2 aromatic rings. The van der Waals surface area contributed by atoms with Crippen LogP contribution in [-0.4, -0.2) is 36.6 Å². The van der Waals surface area contributed by atoms with E-state index < -0.39 is 30.8 Å². The molecule has 1 amide bonds. The average Bonchev–Trinajstić information content (AvgIpc) is 2.62. The molecule has 136 valence electrons. The molecule has 2 aromatic carbocycles. The highest BCUT2D eigenvalue weighted by Gasteiger charge is 2.41. The number of anilines is 1. The molecule has 0 aliphatic carbocycles. The molecule has 1 aliphatic heterocycles. The Balaban J connectivity index is 2.12. The third-order valence-corrected chi connectivity index (χ3v) is 4.03. The van der Waals surface area contributed by atoms with Gasteiger partial charge in [0.05, 0.1) is 18.2 Å². The fourth-order valence-electron chi connectivity index (χ4n) is 2.93. The number of esters is 1. The number of fused-ring (bicyclic) bond motifs is 1. The van der Waals surface area contributed by atoms with Crippen molar-refractivity contribution >= 4 is 17.6 Å². The van der Waals surface area contributed by atoms with Crippen LogP contribution in [0, 0.1) is 0 Å². The van der Waals surface area contributed by atoms with Gasteiger partial charge < -0.3 is 15.0 Å². The van der Waals surface area contributed by atoms with Crippen LogP contribution in [0.15, 0.2) is 48.5 Å². The first kappa shape index (κ1) is 17.8.